The van der Waals surface area contributed by atoms with Crippen LogP contribution in [0.5, 0.6) is 0 Å². The lowest BCUT2D eigenvalue weighted by atomic mass is 10.1. The monoisotopic (exact) mass is 263 g/mol. The number of ether oxygens (including phenoxy) is 1. The molecule has 96 valence electrons. The van der Waals surface area contributed by atoms with Crippen LogP contribution < -0.4 is 0 Å². The number of methoxy groups -OCH3 is 1. The summed E-state index contributed by atoms with van der Waals surface area (Å²) in [6.45, 7) is 4.20. The van der Waals surface area contributed by atoms with Crippen LogP contribution in [0.15, 0.2) is 23.1 Å². The second-order valence-corrected chi connectivity index (χ2v) is 5.37. The van der Waals surface area contributed by atoms with Crippen LogP contribution >= 0.6 is 11.8 Å². The molecular weight excluding hydrogens is 246 g/mol. The van der Waals surface area contributed by atoms with Gasteiger partial charge in [-0.25, -0.2) is 0 Å². The number of aryl methyl sites for hydroxylation is 2. The zero-order valence-corrected chi connectivity index (χ0v) is 11.7. The number of hydrogen-bond donors (Lipinski definition) is 1. The molecule has 0 spiro atoms. The number of rotatable bonds is 4. The predicted molar refractivity (Wildman–Crippen MR) is 75.1 cm³/mol. The Balaban J connectivity index is 2.18. The van der Waals surface area contributed by atoms with Gasteiger partial charge in [0.15, 0.2) is 0 Å². The van der Waals surface area contributed by atoms with Gasteiger partial charge < -0.3 is 9.72 Å². The highest BCUT2D eigenvalue weighted by molar-refractivity contribution is 7.99. The van der Waals surface area contributed by atoms with Crippen LogP contribution in [-0.4, -0.2) is 23.8 Å². The SMILES string of the molecule is COC(=O)CCSc1cccc2c(C)c(C)[nH]c12. The standard InChI is InChI=1S/C14H17NO2S/c1-9-10(2)15-14-11(9)5-4-6-12(14)18-8-7-13(16)17-3/h4-6,15H,7-8H2,1-3H3. The minimum atomic E-state index is -0.159. The number of para-hydroxylation sites is 1. The van der Waals surface area contributed by atoms with E-state index in [0.717, 1.165) is 5.75 Å². The van der Waals surface area contributed by atoms with Gasteiger partial charge >= 0.3 is 5.97 Å². The van der Waals surface area contributed by atoms with E-state index in [4.69, 9.17) is 0 Å². The first-order valence-electron chi connectivity index (χ1n) is 5.91. The molecule has 18 heavy (non-hydrogen) atoms. The molecule has 0 radical (unpaired) electrons. The highest BCUT2D eigenvalue weighted by atomic mass is 32.2. The van der Waals surface area contributed by atoms with Crippen LogP contribution in [0.3, 0.4) is 0 Å². The number of hydrogen-bond acceptors (Lipinski definition) is 3. The average molecular weight is 263 g/mol. The van der Waals surface area contributed by atoms with E-state index in [-0.39, 0.29) is 5.97 Å². The predicted octanol–water partition coefficient (Wildman–Crippen LogP) is 3.44. The van der Waals surface area contributed by atoms with Crippen LogP contribution in [0.4, 0.5) is 0 Å². The van der Waals surface area contributed by atoms with Crippen molar-refractivity contribution in [3.63, 3.8) is 0 Å². The molecule has 0 atom stereocenters. The van der Waals surface area contributed by atoms with Crippen LogP contribution in [0, 0.1) is 13.8 Å². The molecule has 1 aromatic carbocycles. The van der Waals surface area contributed by atoms with Crippen molar-refractivity contribution in [3.8, 4) is 0 Å². The smallest absolute Gasteiger partial charge is 0.306 e. The Labute approximate surface area is 111 Å². The zero-order chi connectivity index (χ0) is 13.1. The van der Waals surface area contributed by atoms with Crippen molar-refractivity contribution < 1.29 is 9.53 Å². The second kappa shape index (κ2) is 5.48. The number of fused-ring (bicyclic) bond motifs is 1. The summed E-state index contributed by atoms with van der Waals surface area (Å²) in [6, 6.07) is 6.27. The maximum absolute atomic E-state index is 11.1. The number of thioether (sulfide) groups is 1. The molecule has 0 aliphatic heterocycles. The van der Waals surface area contributed by atoms with Gasteiger partial charge in [0.05, 0.1) is 19.0 Å². The quantitative estimate of drug-likeness (QED) is 0.678. The molecule has 1 aromatic heterocycles. The molecule has 2 aromatic rings. The van der Waals surface area contributed by atoms with Crippen molar-refractivity contribution in [1.29, 1.82) is 0 Å². The van der Waals surface area contributed by atoms with Crippen molar-refractivity contribution in [3.05, 3.63) is 29.5 Å². The highest BCUT2D eigenvalue weighted by Gasteiger charge is 2.09. The third kappa shape index (κ3) is 2.53. The van der Waals surface area contributed by atoms with E-state index < -0.39 is 0 Å². The molecule has 0 saturated carbocycles. The maximum atomic E-state index is 11.1. The molecular formula is C14H17NO2S. The van der Waals surface area contributed by atoms with Gasteiger partial charge in [-0.3, -0.25) is 4.79 Å². The molecule has 1 heterocycles. The third-order valence-corrected chi connectivity index (χ3v) is 4.16. The first-order chi connectivity index (χ1) is 8.63. The second-order valence-electron chi connectivity index (χ2n) is 4.23. The Morgan fingerprint density at radius 3 is 2.89 bits per heavy atom. The van der Waals surface area contributed by atoms with E-state index in [1.807, 2.05) is 0 Å². The van der Waals surface area contributed by atoms with Crippen molar-refractivity contribution in [2.24, 2.45) is 0 Å². The van der Waals surface area contributed by atoms with E-state index in [0.29, 0.717) is 6.42 Å². The Bertz CT molecular complexity index is 574. The summed E-state index contributed by atoms with van der Waals surface area (Å²) < 4.78 is 4.64. The molecule has 0 bridgehead atoms. The lowest BCUT2D eigenvalue weighted by Crippen LogP contribution is -2.00. The van der Waals surface area contributed by atoms with Crippen molar-refractivity contribution in [1.82, 2.24) is 4.98 Å². The number of carbonyl (C=O) groups is 1. The van der Waals surface area contributed by atoms with Gasteiger partial charge in [0.2, 0.25) is 0 Å². The molecule has 0 aliphatic carbocycles. The van der Waals surface area contributed by atoms with Gasteiger partial charge in [-0.15, -0.1) is 11.8 Å². The average Bonchev–Trinajstić information content (AvgIpc) is 2.66. The summed E-state index contributed by atoms with van der Waals surface area (Å²) in [6.07, 6.45) is 0.441. The summed E-state index contributed by atoms with van der Waals surface area (Å²) in [4.78, 5) is 15.7. The van der Waals surface area contributed by atoms with Gasteiger partial charge in [-0.05, 0) is 25.5 Å². The Morgan fingerprint density at radius 2 is 2.17 bits per heavy atom. The minimum absolute atomic E-state index is 0.159. The van der Waals surface area contributed by atoms with Crippen LogP contribution in [0.25, 0.3) is 10.9 Å². The molecule has 0 saturated heterocycles. The molecule has 0 aliphatic rings. The Kier molecular flexibility index (Phi) is 3.97. The van der Waals surface area contributed by atoms with Gasteiger partial charge in [-0.1, -0.05) is 12.1 Å². The molecule has 0 fully saturated rings. The summed E-state index contributed by atoms with van der Waals surface area (Å²) in [5, 5.41) is 1.26. The Hall–Kier alpha value is -1.42. The number of nitrogens with one attached hydrogen (secondary N) is 1. The fraction of sp³-hybridized carbons (Fsp3) is 0.357. The van der Waals surface area contributed by atoms with Gasteiger partial charge in [0, 0.05) is 21.7 Å². The summed E-state index contributed by atoms with van der Waals surface area (Å²) in [7, 11) is 1.42. The lowest BCUT2D eigenvalue weighted by molar-refractivity contribution is -0.140. The van der Waals surface area contributed by atoms with Gasteiger partial charge in [0.1, 0.15) is 0 Å². The Morgan fingerprint density at radius 1 is 1.39 bits per heavy atom. The molecule has 2 rings (SSSR count). The van der Waals surface area contributed by atoms with Gasteiger partial charge in [0.25, 0.3) is 0 Å². The summed E-state index contributed by atoms with van der Waals surface area (Å²) in [5.41, 5.74) is 3.66. The molecule has 4 heteroatoms. The van der Waals surface area contributed by atoms with Crippen LogP contribution in [0.2, 0.25) is 0 Å². The van der Waals surface area contributed by atoms with Crippen molar-refractivity contribution >= 4 is 28.6 Å². The number of carbonyl (C=O) groups excluding carboxylic acids is 1. The summed E-state index contributed by atoms with van der Waals surface area (Å²) in [5.74, 6) is 0.580. The van der Waals surface area contributed by atoms with E-state index in [2.05, 4.69) is 41.8 Å². The zero-order valence-electron chi connectivity index (χ0n) is 10.9. The van der Waals surface area contributed by atoms with E-state index >= 15 is 0 Å². The largest absolute Gasteiger partial charge is 0.469 e. The summed E-state index contributed by atoms with van der Waals surface area (Å²) >= 11 is 1.68. The van der Waals surface area contributed by atoms with E-state index in [9.17, 15) is 4.79 Å². The van der Waals surface area contributed by atoms with Crippen molar-refractivity contribution in [2.75, 3.05) is 12.9 Å². The fourth-order valence-corrected chi connectivity index (χ4v) is 2.89. The number of benzene rings is 1. The maximum Gasteiger partial charge on any atom is 0.306 e. The van der Waals surface area contributed by atoms with Crippen LogP contribution in [-0.2, 0) is 9.53 Å². The van der Waals surface area contributed by atoms with E-state index in [1.54, 1.807) is 11.8 Å². The number of aromatic amines is 1. The molecule has 1 N–H and O–H groups in total. The molecule has 0 amide bonds. The van der Waals surface area contributed by atoms with Crippen LogP contribution in [0.1, 0.15) is 17.7 Å². The van der Waals surface area contributed by atoms with Gasteiger partial charge in [-0.2, -0.15) is 0 Å². The molecule has 0 unspecified atom stereocenters. The first kappa shape index (κ1) is 13.0. The molecule has 3 nitrogen and oxygen atoms in total. The highest BCUT2D eigenvalue weighted by Crippen LogP contribution is 2.30. The number of esters is 1. The normalized spacial score (nSPS) is 10.8. The fourth-order valence-electron chi connectivity index (χ4n) is 1.92. The number of H-pyrrole nitrogens is 1. The third-order valence-electron chi connectivity index (χ3n) is 3.10. The number of aromatic nitrogens is 1. The van der Waals surface area contributed by atoms with Crippen molar-refractivity contribution in [2.45, 2.75) is 25.2 Å². The minimum Gasteiger partial charge on any atom is -0.469 e. The lowest BCUT2D eigenvalue weighted by Gasteiger charge is -2.03. The van der Waals surface area contributed by atoms with E-state index in [1.165, 1.54) is 34.2 Å². The first-order valence-corrected chi connectivity index (χ1v) is 6.89. The topological polar surface area (TPSA) is 42.1 Å².